The second-order valence-electron chi connectivity index (χ2n) is 9.31. The van der Waals surface area contributed by atoms with E-state index in [0.717, 1.165) is 19.3 Å². The SMILES string of the molecule is CCCCCOc1ccc(C2c3c(oc4ccccc4c3=O)C(=O)N2C2CCS(=O)(=O)C2)cc1OC. The minimum absolute atomic E-state index is 0.00171. The van der Waals surface area contributed by atoms with Gasteiger partial charge < -0.3 is 18.8 Å². The molecule has 0 bridgehead atoms. The van der Waals surface area contributed by atoms with Gasteiger partial charge >= 0.3 is 0 Å². The lowest BCUT2D eigenvalue weighted by atomic mass is 9.97. The van der Waals surface area contributed by atoms with Gasteiger partial charge in [0.25, 0.3) is 5.91 Å². The molecule has 0 spiro atoms. The van der Waals surface area contributed by atoms with Crippen LogP contribution < -0.4 is 14.9 Å². The molecule has 3 aromatic rings. The number of sulfone groups is 1. The van der Waals surface area contributed by atoms with Crippen LogP contribution >= 0.6 is 0 Å². The Balaban J connectivity index is 1.63. The third-order valence-electron chi connectivity index (χ3n) is 6.92. The van der Waals surface area contributed by atoms with Gasteiger partial charge in [0.15, 0.2) is 26.8 Å². The lowest BCUT2D eigenvalue weighted by molar-refractivity contribution is 0.0662. The standard InChI is InChI=1S/C27H29NO7S/c1-3-4-7-13-34-21-11-10-17(15-22(21)33-2)24-23-25(29)19-8-5-6-9-20(19)35-26(23)27(30)28(24)18-12-14-36(31,32)16-18/h5-6,8-11,15,18,24H,3-4,7,12-14,16H2,1-2H3. The van der Waals surface area contributed by atoms with Gasteiger partial charge in [-0.1, -0.05) is 38.0 Å². The van der Waals surface area contributed by atoms with Crippen molar-refractivity contribution in [1.82, 2.24) is 4.90 Å². The molecule has 2 unspecified atom stereocenters. The molecule has 1 fully saturated rings. The van der Waals surface area contributed by atoms with E-state index in [1.807, 2.05) is 0 Å². The number of benzene rings is 2. The van der Waals surface area contributed by atoms with Gasteiger partial charge in [0.1, 0.15) is 5.58 Å². The fraction of sp³-hybridized carbons (Fsp3) is 0.407. The van der Waals surface area contributed by atoms with Gasteiger partial charge in [-0.3, -0.25) is 9.59 Å². The van der Waals surface area contributed by atoms with Gasteiger partial charge in [-0.05, 0) is 42.7 Å². The van der Waals surface area contributed by atoms with E-state index < -0.39 is 27.8 Å². The number of hydrogen-bond acceptors (Lipinski definition) is 7. The Morgan fingerprint density at radius 1 is 1.08 bits per heavy atom. The molecule has 0 aliphatic carbocycles. The van der Waals surface area contributed by atoms with Crippen molar-refractivity contribution in [1.29, 1.82) is 0 Å². The second kappa shape index (κ2) is 9.61. The molecule has 190 valence electrons. The zero-order chi connectivity index (χ0) is 25.4. The number of methoxy groups -OCH3 is 1. The topological polar surface area (TPSA) is 103 Å². The highest BCUT2D eigenvalue weighted by atomic mass is 32.2. The van der Waals surface area contributed by atoms with Crippen molar-refractivity contribution in [3.8, 4) is 11.5 Å². The number of carbonyl (C=O) groups excluding carboxylic acids is 1. The molecular weight excluding hydrogens is 482 g/mol. The van der Waals surface area contributed by atoms with E-state index in [0.29, 0.717) is 41.1 Å². The van der Waals surface area contributed by atoms with Crippen LogP contribution in [0.25, 0.3) is 11.0 Å². The molecule has 5 rings (SSSR count). The maximum atomic E-state index is 13.6. The monoisotopic (exact) mass is 511 g/mol. The van der Waals surface area contributed by atoms with Gasteiger partial charge in [0, 0.05) is 6.04 Å². The summed E-state index contributed by atoms with van der Waals surface area (Å²) in [6.07, 6.45) is 3.37. The number of ether oxygens (including phenoxy) is 2. The minimum Gasteiger partial charge on any atom is -0.493 e. The molecule has 0 N–H and O–H groups in total. The molecule has 2 aliphatic heterocycles. The molecule has 3 heterocycles. The van der Waals surface area contributed by atoms with E-state index in [9.17, 15) is 18.0 Å². The summed E-state index contributed by atoms with van der Waals surface area (Å²) in [5.74, 6) is 0.399. The Hall–Kier alpha value is -3.33. The van der Waals surface area contributed by atoms with Gasteiger partial charge in [0.2, 0.25) is 5.76 Å². The predicted molar refractivity (Wildman–Crippen MR) is 136 cm³/mol. The molecule has 2 aliphatic rings. The smallest absolute Gasteiger partial charge is 0.291 e. The summed E-state index contributed by atoms with van der Waals surface area (Å²) in [4.78, 5) is 28.8. The number of unbranched alkanes of at least 4 members (excludes halogenated alkanes) is 2. The Morgan fingerprint density at radius 2 is 1.89 bits per heavy atom. The third-order valence-corrected chi connectivity index (χ3v) is 8.67. The van der Waals surface area contributed by atoms with Gasteiger partial charge in [-0.25, -0.2) is 8.42 Å². The maximum absolute atomic E-state index is 13.6. The van der Waals surface area contributed by atoms with Crippen molar-refractivity contribution in [2.45, 2.75) is 44.7 Å². The maximum Gasteiger partial charge on any atom is 0.291 e. The number of rotatable bonds is 8. The summed E-state index contributed by atoms with van der Waals surface area (Å²) < 4.78 is 42.1. The summed E-state index contributed by atoms with van der Waals surface area (Å²) in [6, 6.07) is 10.8. The van der Waals surface area contributed by atoms with Crippen molar-refractivity contribution in [3.63, 3.8) is 0 Å². The zero-order valence-corrected chi connectivity index (χ0v) is 21.2. The number of carbonyl (C=O) groups is 1. The Morgan fingerprint density at radius 3 is 2.61 bits per heavy atom. The fourth-order valence-electron chi connectivity index (χ4n) is 5.14. The van der Waals surface area contributed by atoms with Crippen LogP contribution in [0, 0.1) is 0 Å². The quantitative estimate of drug-likeness (QED) is 0.420. The van der Waals surface area contributed by atoms with Crippen molar-refractivity contribution in [2.75, 3.05) is 25.2 Å². The highest BCUT2D eigenvalue weighted by molar-refractivity contribution is 7.91. The lowest BCUT2D eigenvalue weighted by Crippen LogP contribution is -2.40. The minimum atomic E-state index is -3.28. The van der Waals surface area contributed by atoms with Crippen molar-refractivity contribution in [3.05, 3.63) is 69.6 Å². The molecule has 9 heteroatoms. The normalized spacial score (nSPS) is 20.6. The van der Waals surface area contributed by atoms with Crippen LogP contribution in [0.15, 0.2) is 51.7 Å². The number of nitrogens with zero attached hydrogens (tertiary/aromatic N) is 1. The molecule has 1 amide bonds. The van der Waals surface area contributed by atoms with E-state index >= 15 is 0 Å². The van der Waals surface area contributed by atoms with E-state index in [1.165, 1.54) is 12.0 Å². The first-order valence-corrected chi connectivity index (χ1v) is 14.1. The van der Waals surface area contributed by atoms with E-state index in [2.05, 4.69) is 6.92 Å². The number of hydrogen-bond donors (Lipinski definition) is 0. The van der Waals surface area contributed by atoms with Crippen molar-refractivity contribution in [2.24, 2.45) is 0 Å². The highest BCUT2D eigenvalue weighted by Crippen LogP contribution is 2.43. The van der Waals surface area contributed by atoms with Crippen LogP contribution in [0.1, 0.15) is 60.3 Å². The molecular formula is C27H29NO7S. The zero-order valence-electron chi connectivity index (χ0n) is 20.4. The molecule has 2 aromatic carbocycles. The number of para-hydroxylation sites is 1. The van der Waals surface area contributed by atoms with Gasteiger partial charge in [-0.15, -0.1) is 0 Å². The summed E-state index contributed by atoms with van der Waals surface area (Å²) in [6.45, 7) is 2.67. The fourth-order valence-corrected chi connectivity index (χ4v) is 6.85. The number of fused-ring (bicyclic) bond motifs is 2. The van der Waals surface area contributed by atoms with Crippen molar-refractivity contribution >= 4 is 26.7 Å². The van der Waals surface area contributed by atoms with E-state index in [4.69, 9.17) is 13.9 Å². The van der Waals surface area contributed by atoms with E-state index in [1.54, 1.807) is 42.5 Å². The Bertz CT molecular complexity index is 1480. The molecule has 1 saturated heterocycles. The van der Waals surface area contributed by atoms with Crippen LogP contribution in [0.3, 0.4) is 0 Å². The average molecular weight is 512 g/mol. The van der Waals surface area contributed by atoms with Gasteiger partial charge in [0.05, 0.1) is 42.2 Å². The van der Waals surface area contributed by atoms with Crippen LogP contribution in [0.2, 0.25) is 0 Å². The van der Waals surface area contributed by atoms with Crippen molar-refractivity contribution < 1.29 is 27.1 Å². The molecule has 0 saturated carbocycles. The summed E-state index contributed by atoms with van der Waals surface area (Å²) >= 11 is 0. The van der Waals surface area contributed by atoms with Crippen LogP contribution in [0.5, 0.6) is 11.5 Å². The van der Waals surface area contributed by atoms with Crippen LogP contribution in [-0.4, -0.2) is 50.5 Å². The molecule has 1 aromatic heterocycles. The first-order chi connectivity index (χ1) is 17.3. The summed E-state index contributed by atoms with van der Waals surface area (Å²) in [5, 5.41) is 0.373. The Labute approximate surface area is 209 Å². The largest absolute Gasteiger partial charge is 0.493 e. The summed E-state index contributed by atoms with van der Waals surface area (Å²) in [5.41, 5.74) is 0.878. The first-order valence-electron chi connectivity index (χ1n) is 12.2. The molecule has 2 atom stereocenters. The predicted octanol–water partition coefficient (Wildman–Crippen LogP) is 4.10. The first kappa shape index (κ1) is 24.4. The van der Waals surface area contributed by atoms with Crippen LogP contribution in [0.4, 0.5) is 0 Å². The second-order valence-corrected chi connectivity index (χ2v) is 11.5. The van der Waals surface area contributed by atoms with E-state index in [-0.39, 0.29) is 28.3 Å². The number of amides is 1. The Kier molecular flexibility index (Phi) is 6.51. The third kappa shape index (κ3) is 4.25. The van der Waals surface area contributed by atoms with Gasteiger partial charge in [-0.2, -0.15) is 0 Å². The molecule has 8 nitrogen and oxygen atoms in total. The molecule has 0 radical (unpaired) electrons. The lowest BCUT2D eigenvalue weighted by Gasteiger charge is -2.30. The van der Waals surface area contributed by atoms with Crippen LogP contribution in [-0.2, 0) is 9.84 Å². The average Bonchev–Trinajstić information content (AvgIpc) is 3.38. The highest BCUT2D eigenvalue weighted by Gasteiger charge is 2.48. The summed E-state index contributed by atoms with van der Waals surface area (Å²) in [7, 11) is -1.74. The molecule has 36 heavy (non-hydrogen) atoms.